The fourth-order valence-electron chi connectivity index (χ4n) is 2.37. The van der Waals surface area contributed by atoms with E-state index in [1.54, 1.807) is 28.5 Å². The van der Waals surface area contributed by atoms with Crippen molar-refractivity contribution in [2.75, 3.05) is 11.9 Å². The lowest BCUT2D eigenvalue weighted by atomic mass is 10.3. The SMILES string of the molecule is O=C(CCCn1ccnc1)Nc1cc(-c2cccs2)nn1CCO. The van der Waals surface area contributed by atoms with Gasteiger partial charge in [-0.05, 0) is 17.9 Å². The Labute approximate surface area is 143 Å². The number of imidazole rings is 1. The van der Waals surface area contributed by atoms with Crippen molar-refractivity contribution in [1.29, 1.82) is 0 Å². The molecule has 126 valence electrons. The van der Waals surface area contributed by atoms with Crippen LogP contribution in [-0.2, 0) is 17.9 Å². The first-order valence-corrected chi connectivity index (χ1v) is 8.62. The molecule has 0 aromatic carbocycles. The number of amides is 1. The second-order valence-electron chi connectivity index (χ2n) is 5.29. The number of anilines is 1. The van der Waals surface area contributed by atoms with E-state index < -0.39 is 0 Å². The minimum absolute atomic E-state index is 0.0327. The van der Waals surface area contributed by atoms with Crippen LogP contribution in [0, 0.1) is 0 Å². The molecule has 3 aromatic heterocycles. The monoisotopic (exact) mass is 345 g/mol. The number of thiophene rings is 1. The molecule has 0 aliphatic rings. The number of aromatic nitrogens is 4. The molecule has 0 atom stereocenters. The van der Waals surface area contributed by atoms with E-state index in [0.29, 0.717) is 18.8 Å². The van der Waals surface area contributed by atoms with E-state index in [9.17, 15) is 9.90 Å². The molecule has 0 saturated heterocycles. The molecule has 7 nitrogen and oxygen atoms in total. The number of nitrogens with one attached hydrogen (secondary N) is 1. The maximum Gasteiger partial charge on any atom is 0.225 e. The van der Waals surface area contributed by atoms with Crippen molar-refractivity contribution >= 4 is 23.1 Å². The number of aryl methyl sites for hydroxylation is 1. The molecular weight excluding hydrogens is 326 g/mol. The molecule has 0 unspecified atom stereocenters. The number of carbonyl (C=O) groups is 1. The largest absolute Gasteiger partial charge is 0.394 e. The lowest BCUT2D eigenvalue weighted by molar-refractivity contribution is -0.116. The molecule has 3 aromatic rings. The first-order valence-electron chi connectivity index (χ1n) is 7.74. The van der Waals surface area contributed by atoms with Crippen LogP contribution in [0.2, 0.25) is 0 Å². The number of nitrogens with zero attached hydrogens (tertiary/aromatic N) is 4. The first-order chi connectivity index (χ1) is 11.8. The molecule has 0 fully saturated rings. The zero-order valence-electron chi connectivity index (χ0n) is 13.1. The molecule has 24 heavy (non-hydrogen) atoms. The van der Waals surface area contributed by atoms with E-state index in [1.807, 2.05) is 34.3 Å². The molecule has 0 bridgehead atoms. The summed E-state index contributed by atoms with van der Waals surface area (Å²) in [5, 5.41) is 18.5. The van der Waals surface area contributed by atoms with Gasteiger partial charge in [-0.3, -0.25) is 4.79 Å². The Morgan fingerprint density at radius 2 is 2.29 bits per heavy atom. The van der Waals surface area contributed by atoms with Crippen LogP contribution in [0.4, 0.5) is 5.82 Å². The highest BCUT2D eigenvalue weighted by Crippen LogP contribution is 2.26. The summed E-state index contributed by atoms with van der Waals surface area (Å²) in [4.78, 5) is 17.2. The average Bonchev–Trinajstić information content (AvgIpc) is 3.29. The van der Waals surface area contributed by atoms with E-state index in [4.69, 9.17) is 0 Å². The molecular formula is C16H19N5O2S. The molecule has 0 spiro atoms. The van der Waals surface area contributed by atoms with Crippen molar-refractivity contribution in [1.82, 2.24) is 19.3 Å². The minimum atomic E-state index is -0.0630. The standard InChI is InChI=1S/C16H19N5O2S/c22-9-8-21-15(11-13(19-21)14-3-2-10-24-14)18-16(23)4-1-6-20-7-5-17-12-20/h2-3,5,7,10-12,22H,1,4,6,8-9H2,(H,18,23). The molecule has 8 heteroatoms. The molecule has 0 radical (unpaired) electrons. The highest BCUT2D eigenvalue weighted by molar-refractivity contribution is 7.13. The Morgan fingerprint density at radius 1 is 1.38 bits per heavy atom. The molecule has 3 heterocycles. The van der Waals surface area contributed by atoms with Crippen molar-refractivity contribution in [3.05, 3.63) is 42.3 Å². The lowest BCUT2D eigenvalue weighted by Crippen LogP contribution is -2.16. The number of hydrogen-bond acceptors (Lipinski definition) is 5. The van der Waals surface area contributed by atoms with Crippen LogP contribution in [0.1, 0.15) is 12.8 Å². The van der Waals surface area contributed by atoms with Gasteiger partial charge >= 0.3 is 0 Å². The molecule has 0 aliphatic carbocycles. The number of aliphatic hydroxyl groups is 1. The summed E-state index contributed by atoms with van der Waals surface area (Å²) in [6.45, 7) is 1.06. The summed E-state index contributed by atoms with van der Waals surface area (Å²) in [6.07, 6.45) is 6.48. The molecule has 0 aliphatic heterocycles. The van der Waals surface area contributed by atoms with Gasteiger partial charge in [0.05, 0.1) is 24.4 Å². The van der Waals surface area contributed by atoms with Gasteiger partial charge in [-0.15, -0.1) is 11.3 Å². The van der Waals surface area contributed by atoms with Crippen LogP contribution in [-0.4, -0.2) is 37.0 Å². The Kier molecular flexibility index (Phi) is 5.39. The molecule has 2 N–H and O–H groups in total. The number of rotatable bonds is 8. The second-order valence-corrected chi connectivity index (χ2v) is 6.24. The maximum absolute atomic E-state index is 12.2. The topological polar surface area (TPSA) is 85.0 Å². The van der Waals surface area contributed by atoms with Gasteiger partial charge in [0, 0.05) is 31.4 Å². The third kappa shape index (κ3) is 4.09. The third-order valence-electron chi connectivity index (χ3n) is 3.51. The number of hydrogen-bond donors (Lipinski definition) is 2. The summed E-state index contributed by atoms with van der Waals surface area (Å²) in [6, 6.07) is 5.78. The van der Waals surface area contributed by atoms with Gasteiger partial charge in [0.1, 0.15) is 11.5 Å². The summed E-state index contributed by atoms with van der Waals surface area (Å²) in [7, 11) is 0. The fraction of sp³-hybridized carbons (Fsp3) is 0.312. The van der Waals surface area contributed by atoms with Gasteiger partial charge in [0.2, 0.25) is 5.91 Å². The van der Waals surface area contributed by atoms with Crippen LogP contribution in [0.25, 0.3) is 10.6 Å². The van der Waals surface area contributed by atoms with Crippen LogP contribution in [0.5, 0.6) is 0 Å². The van der Waals surface area contributed by atoms with Gasteiger partial charge in [-0.25, -0.2) is 9.67 Å². The predicted molar refractivity (Wildman–Crippen MR) is 92.7 cm³/mol. The summed E-state index contributed by atoms with van der Waals surface area (Å²) >= 11 is 1.59. The normalized spacial score (nSPS) is 10.9. The van der Waals surface area contributed by atoms with Gasteiger partial charge in [0.15, 0.2) is 0 Å². The number of carbonyl (C=O) groups excluding carboxylic acids is 1. The Hall–Kier alpha value is -2.45. The highest BCUT2D eigenvalue weighted by Gasteiger charge is 2.12. The van der Waals surface area contributed by atoms with Crippen LogP contribution in [0.3, 0.4) is 0 Å². The van der Waals surface area contributed by atoms with Gasteiger partial charge in [-0.2, -0.15) is 5.10 Å². The van der Waals surface area contributed by atoms with Crippen molar-refractivity contribution in [2.45, 2.75) is 25.9 Å². The van der Waals surface area contributed by atoms with E-state index in [-0.39, 0.29) is 12.5 Å². The van der Waals surface area contributed by atoms with Gasteiger partial charge < -0.3 is 15.0 Å². The predicted octanol–water partition coefficient (Wildman–Crippen LogP) is 2.22. The Morgan fingerprint density at radius 3 is 3.00 bits per heavy atom. The quantitative estimate of drug-likeness (QED) is 0.655. The van der Waals surface area contributed by atoms with E-state index >= 15 is 0 Å². The van der Waals surface area contributed by atoms with Gasteiger partial charge in [0.25, 0.3) is 0 Å². The van der Waals surface area contributed by atoms with Crippen LogP contribution >= 0.6 is 11.3 Å². The zero-order valence-corrected chi connectivity index (χ0v) is 13.9. The van der Waals surface area contributed by atoms with Crippen molar-refractivity contribution in [2.24, 2.45) is 0 Å². The molecule has 0 saturated carbocycles. The van der Waals surface area contributed by atoms with E-state index in [0.717, 1.165) is 23.5 Å². The average molecular weight is 345 g/mol. The summed E-state index contributed by atoms with van der Waals surface area (Å²) in [5.74, 6) is 0.548. The van der Waals surface area contributed by atoms with Crippen LogP contribution < -0.4 is 5.32 Å². The fourth-order valence-corrected chi connectivity index (χ4v) is 3.06. The van der Waals surface area contributed by atoms with E-state index in [2.05, 4.69) is 15.4 Å². The zero-order chi connectivity index (χ0) is 16.8. The van der Waals surface area contributed by atoms with E-state index in [1.165, 1.54) is 0 Å². The molecule has 1 amide bonds. The Balaban J connectivity index is 1.61. The minimum Gasteiger partial charge on any atom is -0.394 e. The molecule has 3 rings (SSSR count). The van der Waals surface area contributed by atoms with Gasteiger partial charge in [-0.1, -0.05) is 6.07 Å². The highest BCUT2D eigenvalue weighted by atomic mass is 32.1. The first kappa shape index (κ1) is 16.4. The van der Waals surface area contributed by atoms with Crippen molar-refractivity contribution in [3.63, 3.8) is 0 Å². The van der Waals surface area contributed by atoms with Crippen molar-refractivity contribution in [3.8, 4) is 10.6 Å². The number of aliphatic hydroxyl groups excluding tert-OH is 1. The summed E-state index contributed by atoms with van der Waals surface area (Å²) < 4.78 is 3.57. The maximum atomic E-state index is 12.2. The van der Waals surface area contributed by atoms with Crippen molar-refractivity contribution < 1.29 is 9.90 Å². The Bertz CT molecular complexity index is 765. The third-order valence-corrected chi connectivity index (χ3v) is 4.40. The summed E-state index contributed by atoms with van der Waals surface area (Å²) in [5.41, 5.74) is 0.798. The lowest BCUT2D eigenvalue weighted by Gasteiger charge is -2.07. The smallest absolute Gasteiger partial charge is 0.225 e. The second kappa shape index (κ2) is 7.89. The van der Waals surface area contributed by atoms with Crippen LogP contribution in [0.15, 0.2) is 42.3 Å².